The molecule has 1 aromatic carbocycles. The molecule has 0 atom stereocenters. The molecule has 0 aromatic heterocycles. The molecule has 0 fully saturated rings. The Morgan fingerprint density at radius 1 is 1.29 bits per heavy atom. The van der Waals surface area contributed by atoms with E-state index in [1.165, 1.54) is 29.1 Å². The summed E-state index contributed by atoms with van der Waals surface area (Å²) in [6.07, 6.45) is 2.57. The van der Waals surface area contributed by atoms with Crippen molar-refractivity contribution < 1.29 is 0 Å². The highest BCUT2D eigenvalue weighted by atomic mass is 32.2. The van der Waals surface area contributed by atoms with Gasteiger partial charge in [0, 0.05) is 4.90 Å². The molecule has 0 saturated heterocycles. The van der Waals surface area contributed by atoms with Crippen LogP contribution in [0.15, 0.2) is 35.7 Å². The SMILES string of the molecule is C=C(C)c1ccc(SCCCC)cc1. The minimum Gasteiger partial charge on any atom is -0.126 e. The number of thioether (sulfide) groups is 1. The van der Waals surface area contributed by atoms with Gasteiger partial charge in [-0.15, -0.1) is 11.8 Å². The second-order valence-corrected chi connectivity index (χ2v) is 4.68. The Hall–Kier alpha value is -0.690. The maximum absolute atomic E-state index is 3.92. The van der Waals surface area contributed by atoms with Crippen molar-refractivity contribution >= 4 is 17.3 Å². The molecule has 0 heterocycles. The summed E-state index contributed by atoms with van der Waals surface area (Å²) in [6, 6.07) is 8.67. The summed E-state index contributed by atoms with van der Waals surface area (Å²) in [4.78, 5) is 1.36. The van der Waals surface area contributed by atoms with Crippen LogP contribution in [0.2, 0.25) is 0 Å². The molecule has 0 unspecified atom stereocenters. The van der Waals surface area contributed by atoms with E-state index < -0.39 is 0 Å². The lowest BCUT2D eigenvalue weighted by molar-refractivity contribution is 0.896. The van der Waals surface area contributed by atoms with E-state index in [0.29, 0.717) is 0 Å². The van der Waals surface area contributed by atoms with Gasteiger partial charge in [-0.05, 0) is 36.8 Å². The number of hydrogen-bond donors (Lipinski definition) is 0. The lowest BCUT2D eigenvalue weighted by Gasteiger charge is -2.02. The average Bonchev–Trinajstić information content (AvgIpc) is 2.19. The molecule has 1 rings (SSSR count). The van der Waals surface area contributed by atoms with Crippen molar-refractivity contribution in [1.29, 1.82) is 0 Å². The Bertz CT molecular complexity index is 285. The van der Waals surface area contributed by atoms with E-state index in [1.54, 1.807) is 0 Å². The zero-order valence-corrected chi connectivity index (χ0v) is 9.86. The van der Waals surface area contributed by atoms with E-state index in [4.69, 9.17) is 0 Å². The van der Waals surface area contributed by atoms with Gasteiger partial charge in [0.25, 0.3) is 0 Å². The zero-order chi connectivity index (χ0) is 10.4. The van der Waals surface area contributed by atoms with Crippen molar-refractivity contribution in [1.82, 2.24) is 0 Å². The van der Waals surface area contributed by atoms with Crippen molar-refractivity contribution in [3.8, 4) is 0 Å². The third-order valence-corrected chi connectivity index (χ3v) is 3.21. The first-order chi connectivity index (χ1) is 6.74. The Morgan fingerprint density at radius 2 is 1.93 bits per heavy atom. The second kappa shape index (κ2) is 5.92. The predicted octanol–water partition coefficient (Wildman–Crippen LogP) is 4.61. The third-order valence-electron chi connectivity index (χ3n) is 2.11. The molecule has 14 heavy (non-hydrogen) atoms. The van der Waals surface area contributed by atoms with E-state index in [9.17, 15) is 0 Å². The molecule has 0 aliphatic rings. The van der Waals surface area contributed by atoms with E-state index in [-0.39, 0.29) is 0 Å². The molecule has 76 valence electrons. The molecule has 0 nitrogen and oxygen atoms in total. The summed E-state index contributed by atoms with van der Waals surface area (Å²) in [6.45, 7) is 8.19. The minimum absolute atomic E-state index is 1.13. The third kappa shape index (κ3) is 3.59. The first kappa shape index (κ1) is 11.4. The molecule has 0 spiro atoms. The molecule has 1 aromatic rings. The molecule has 0 aliphatic heterocycles. The predicted molar refractivity (Wildman–Crippen MR) is 66.8 cm³/mol. The summed E-state index contributed by atoms with van der Waals surface area (Å²) >= 11 is 1.94. The van der Waals surface area contributed by atoms with E-state index in [0.717, 1.165) is 5.57 Å². The first-order valence-corrected chi connectivity index (χ1v) is 6.11. The fourth-order valence-corrected chi connectivity index (χ4v) is 2.17. The molecule has 0 amide bonds. The Kier molecular flexibility index (Phi) is 4.81. The van der Waals surface area contributed by atoms with Crippen molar-refractivity contribution in [2.75, 3.05) is 5.75 Å². The van der Waals surface area contributed by atoms with Gasteiger partial charge in [0.2, 0.25) is 0 Å². The van der Waals surface area contributed by atoms with Gasteiger partial charge in [0.1, 0.15) is 0 Å². The summed E-state index contributed by atoms with van der Waals surface area (Å²) < 4.78 is 0. The smallest absolute Gasteiger partial charge is 0.00723 e. The fourth-order valence-electron chi connectivity index (χ4n) is 1.17. The zero-order valence-electron chi connectivity index (χ0n) is 9.05. The van der Waals surface area contributed by atoms with Crippen LogP contribution < -0.4 is 0 Å². The van der Waals surface area contributed by atoms with Crippen molar-refractivity contribution in [3.05, 3.63) is 36.4 Å². The molecule has 0 N–H and O–H groups in total. The van der Waals surface area contributed by atoms with Gasteiger partial charge in [0.15, 0.2) is 0 Å². The number of unbranched alkanes of at least 4 members (excludes halogenated alkanes) is 1. The number of hydrogen-bond acceptors (Lipinski definition) is 1. The van der Waals surface area contributed by atoms with Gasteiger partial charge in [-0.3, -0.25) is 0 Å². The molecule has 0 radical (unpaired) electrons. The Balaban J connectivity index is 2.51. The monoisotopic (exact) mass is 206 g/mol. The lowest BCUT2D eigenvalue weighted by Crippen LogP contribution is -1.80. The quantitative estimate of drug-likeness (QED) is 0.500. The van der Waals surface area contributed by atoms with Crippen LogP contribution in [-0.4, -0.2) is 5.75 Å². The lowest BCUT2D eigenvalue weighted by atomic mass is 10.1. The standard InChI is InChI=1S/C13H18S/c1-4-5-10-14-13-8-6-12(7-9-13)11(2)3/h6-9H,2,4-5,10H2,1,3H3. The number of allylic oxidation sites excluding steroid dienone is 1. The summed E-state index contributed by atoms with van der Waals surface area (Å²) in [5, 5.41) is 0. The fraction of sp³-hybridized carbons (Fsp3) is 0.385. The van der Waals surface area contributed by atoms with Crippen LogP contribution in [0.3, 0.4) is 0 Å². The Morgan fingerprint density at radius 3 is 2.43 bits per heavy atom. The molecular formula is C13H18S. The highest BCUT2D eigenvalue weighted by Crippen LogP contribution is 2.21. The summed E-state index contributed by atoms with van der Waals surface area (Å²) in [5.41, 5.74) is 2.37. The maximum atomic E-state index is 3.92. The van der Waals surface area contributed by atoms with Gasteiger partial charge >= 0.3 is 0 Å². The van der Waals surface area contributed by atoms with Crippen LogP contribution in [0.25, 0.3) is 5.57 Å². The van der Waals surface area contributed by atoms with Crippen molar-refractivity contribution in [3.63, 3.8) is 0 Å². The van der Waals surface area contributed by atoms with Gasteiger partial charge in [-0.25, -0.2) is 0 Å². The van der Waals surface area contributed by atoms with Crippen LogP contribution in [-0.2, 0) is 0 Å². The average molecular weight is 206 g/mol. The molecule has 0 bridgehead atoms. The van der Waals surface area contributed by atoms with Gasteiger partial charge in [-0.1, -0.05) is 37.6 Å². The van der Waals surface area contributed by atoms with Crippen LogP contribution >= 0.6 is 11.8 Å². The normalized spacial score (nSPS) is 10.1. The van der Waals surface area contributed by atoms with Crippen LogP contribution in [0.5, 0.6) is 0 Å². The van der Waals surface area contributed by atoms with Gasteiger partial charge in [-0.2, -0.15) is 0 Å². The minimum atomic E-state index is 1.13. The summed E-state index contributed by atoms with van der Waals surface area (Å²) in [5.74, 6) is 1.23. The van der Waals surface area contributed by atoms with Crippen molar-refractivity contribution in [2.24, 2.45) is 0 Å². The summed E-state index contributed by atoms with van der Waals surface area (Å²) in [7, 11) is 0. The Labute approximate surface area is 91.4 Å². The molecule has 0 saturated carbocycles. The highest BCUT2D eigenvalue weighted by Gasteiger charge is 1.95. The van der Waals surface area contributed by atoms with Gasteiger partial charge < -0.3 is 0 Å². The second-order valence-electron chi connectivity index (χ2n) is 3.51. The molecular weight excluding hydrogens is 188 g/mol. The maximum Gasteiger partial charge on any atom is 0.00723 e. The first-order valence-electron chi connectivity index (χ1n) is 5.12. The van der Waals surface area contributed by atoms with E-state index in [2.05, 4.69) is 37.8 Å². The molecule has 1 heteroatoms. The van der Waals surface area contributed by atoms with Crippen LogP contribution in [0.4, 0.5) is 0 Å². The number of benzene rings is 1. The topological polar surface area (TPSA) is 0 Å². The van der Waals surface area contributed by atoms with Crippen molar-refractivity contribution in [2.45, 2.75) is 31.6 Å². The highest BCUT2D eigenvalue weighted by molar-refractivity contribution is 7.99. The molecule has 0 aliphatic carbocycles. The van der Waals surface area contributed by atoms with E-state index >= 15 is 0 Å². The van der Waals surface area contributed by atoms with Crippen LogP contribution in [0.1, 0.15) is 32.3 Å². The number of rotatable bonds is 5. The van der Waals surface area contributed by atoms with E-state index in [1.807, 2.05) is 18.7 Å². The largest absolute Gasteiger partial charge is 0.126 e. The van der Waals surface area contributed by atoms with Crippen LogP contribution in [0, 0.1) is 0 Å². The van der Waals surface area contributed by atoms with Gasteiger partial charge in [0.05, 0.1) is 0 Å².